The van der Waals surface area contributed by atoms with Crippen molar-refractivity contribution in [3.63, 3.8) is 0 Å². The molecule has 5 unspecified atom stereocenters. The number of hydrogen-bond acceptors (Lipinski definition) is 1. The Morgan fingerprint density at radius 3 is 1.81 bits per heavy atom. The first-order valence-corrected chi connectivity index (χ1v) is 10.6. The van der Waals surface area contributed by atoms with Gasteiger partial charge in [-0.05, 0) is 64.7 Å². The Labute approximate surface area is 180 Å². The third kappa shape index (κ3) is 4.15. The summed E-state index contributed by atoms with van der Waals surface area (Å²) in [6.07, 6.45) is 3.68. The molecule has 0 amide bonds. The predicted octanol–water partition coefficient (Wildman–Crippen LogP) is 7.04. The largest absolute Gasteiger partial charge is 0.498 e. The van der Waals surface area contributed by atoms with Gasteiger partial charge in [-0.25, -0.2) is 17.6 Å². The summed E-state index contributed by atoms with van der Waals surface area (Å²) in [5.74, 6) is 0.517. The Morgan fingerprint density at radius 1 is 0.742 bits per heavy atom. The second-order valence-corrected chi connectivity index (χ2v) is 8.43. The summed E-state index contributed by atoms with van der Waals surface area (Å²) in [5, 5.41) is 0. The molecule has 1 aromatic rings. The van der Waals surface area contributed by atoms with Crippen molar-refractivity contribution in [1.82, 2.24) is 0 Å². The molecule has 0 saturated carbocycles. The van der Waals surface area contributed by atoms with Crippen molar-refractivity contribution in [2.45, 2.75) is 50.9 Å². The molecular formula is C26H26F4O. The first-order valence-electron chi connectivity index (χ1n) is 10.6. The van der Waals surface area contributed by atoms with E-state index in [1.165, 1.54) is 19.3 Å². The van der Waals surface area contributed by atoms with Gasteiger partial charge in [-0.2, -0.15) is 0 Å². The highest BCUT2D eigenvalue weighted by Gasteiger charge is 2.34. The van der Waals surface area contributed by atoms with E-state index in [1.807, 2.05) is 6.08 Å². The van der Waals surface area contributed by atoms with Gasteiger partial charge in [-0.15, -0.1) is 0 Å². The molecule has 4 rings (SSSR count). The van der Waals surface area contributed by atoms with E-state index in [1.54, 1.807) is 36.4 Å². The van der Waals surface area contributed by atoms with Crippen LogP contribution in [-0.4, -0.2) is 31.8 Å². The Kier molecular flexibility index (Phi) is 6.22. The highest BCUT2D eigenvalue weighted by atomic mass is 19.2. The van der Waals surface area contributed by atoms with E-state index in [9.17, 15) is 13.2 Å². The maximum atomic E-state index is 15.0. The number of allylic oxidation sites excluding steroid dienone is 10. The number of alkyl halides is 4. The van der Waals surface area contributed by atoms with Crippen LogP contribution in [0.4, 0.5) is 17.6 Å². The Morgan fingerprint density at radius 2 is 1.26 bits per heavy atom. The van der Waals surface area contributed by atoms with E-state index in [0.29, 0.717) is 22.6 Å². The van der Waals surface area contributed by atoms with E-state index >= 15 is 4.39 Å². The molecular weight excluding hydrogens is 404 g/mol. The van der Waals surface area contributed by atoms with Crippen LogP contribution in [0, 0.1) is 5.92 Å². The zero-order valence-electron chi connectivity index (χ0n) is 17.6. The van der Waals surface area contributed by atoms with Gasteiger partial charge in [0.1, 0.15) is 5.76 Å². The van der Waals surface area contributed by atoms with Crippen LogP contribution in [0.15, 0.2) is 71.6 Å². The van der Waals surface area contributed by atoms with Crippen molar-refractivity contribution in [3.8, 4) is 0 Å². The fourth-order valence-electron chi connectivity index (χ4n) is 4.39. The van der Waals surface area contributed by atoms with Crippen molar-refractivity contribution in [2.24, 2.45) is 5.92 Å². The van der Waals surface area contributed by atoms with Crippen molar-refractivity contribution < 1.29 is 22.3 Å². The minimum absolute atomic E-state index is 0.0559. The molecule has 0 N–H and O–H groups in total. The molecule has 5 atom stereocenters. The highest BCUT2D eigenvalue weighted by molar-refractivity contribution is 5.77. The average Bonchev–Trinajstić information content (AvgIpc) is 2.78. The van der Waals surface area contributed by atoms with E-state index < -0.39 is 24.7 Å². The standard InChI is InChI=1S/C26H26F4O/c1-15-3-5-16(6-4-15)19-11-12-20(24(28)23(19)27)17-7-9-18(10-8-17)21-13-14-22(31-2)26(30)25(21)29/h5,7-15,23-26H,3-4,6H2,1-2H3. The Hall–Kier alpha value is -2.56. The molecule has 3 aliphatic carbocycles. The number of ether oxygens (including phenoxy) is 1. The summed E-state index contributed by atoms with van der Waals surface area (Å²) in [5.41, 5.74) is 2.80. The molecule has 1 aromatic carbocycles. The van der Waals surface area contributed by atoms with Crippen LogP contribution >= 0.6 is 0 Å². The third-order valence-electron chi connectivity index (χ3n) is 6.38. The van der Waals surface area contributed by atoms with Gasteiger partial charge in [0, 0.05) is 0 Å². The molecule has 164 valence electrons. The van der Waals surface area contributed by atoms with E-state index in [4.69, 9.17) is 4.74 Å². The second-order valence-electron chi connectivity index (χ2n) is 8.43. The summed E-state index contributed by atoms with van der Waals surface area (Å²) >= 11 is 0. The summed E-state index contributed by atoms with van der Waals surface area (Å²) in [6, 6.07) is 6.46. The highest BCUT2D eigenvalue weighted by Crippen LogP contribution is 2.39. The van der Waals surface area contributed by atoms with Gasteiger partial charge in [-0.1, -0.05) is 55.5 Å². The lowest BCUT2D eigenvalue weighted by Crippen LogP contribution is -2.26. The van der Waals surface area contributed by atoms with Gasteiger partial charge in [0.15, 0.2) is 24.7 Å². The van der Waals surface area contributed by atoms with Crippen LogP contribution in [0.3, 0.4) is 0 Å². The number of halogens is 4. The molecule has 0 fully saturated rings. The summed E-state index contributed by atoms with van der Waals surface area (Å²) in [4.78, 5) is 0. The van der Waals surface area contributed by atoms with E-state index in [0.717, 1.165) is 24.8 Å². The fraction of sp³-hybridized carbons (Fsp3) is 0.385. The summed E-state index contributed by atoms with van der Waals surface area (Å²) in [7, 11) is 1.30. The van der Waals surface area contributed by atoms with Crippen LogP contribution in [0.25, 0.3) is 11.1 Å². The maximum absolute atomic E-state index is 15.0. The van der Waals surface area contributed by atoms with Crippen LogP contribution in [0.1, 0.15) is 37.3 Å². The second kappa shape index (κ2) is 8.89. The van der Waals surface area contributed by atoms with Crippen LogP contribution in [0.5, 0.6) is 0 Å². The number of hydrogen-bond donors (Lipinski definition) is 0. The quantitative estimate of drug-likeness (QED) is 0.466. The number of methoxy groups -OCH3 is 1. The van der Waals surface area contributed by atoms with Gasteiger partial charge >= 0.3 is 0 Å². The van der Waals surface area contributed by atoms with E-state index in [2.05, 4.69) is 6.92 Å². The molecule has 0 aliphatic heterocycles. The molecule has 0 spiro atoms. The third-order valence-corrected chi connectivity index (χ3v) is 6.38. The maximum Gasteiger partial charge on any atom is 0.192 e. The molecule has 31 heavy (non-hydrogen) atoms. The molecule has 1 nitrogen and oxygen atoms in total. The molecule has 5 heteroatoms. The lowest BCUT2D eigenvalue weighted by Gasteiger charge is -2.28. The first kappa shape index (κ1) is 21.7. The average molecular weight is 430 g/mol. The molecule has 0 saturated heterocycles. The normalized spacial score (nSPS) is 31.2. The van der Waals surface area contributed by atoms with Gasteiger partial charge in [0.2, 0.25) is 0 Å². The van der Waals surface area contributed by atoms with Gasteiger partial charge < -0.3 is 4.74 Å². The Bertz CT molecular complexity index is 983. The molecule has 0 radical (unpaired) electrons. The smallest absolute Gasteiger partial charge is 0.192 e. The minimum Gasteiger partial charge on any atom is -0.498 e. The Balaban J connectivity index is 1.58. The minimum atomic E-state index is -1.87. The molecule has 0 heterocycles. The molecule has 0 bridgehead atoms. The van der Waals surface area contributed by atoms with Gasteiger partial charge in [0.25, 0.3) is 0 Å². The van der Waals surface area contributed by atoms with Gasteiger partial charge in [-0.3, -0.25) is 0 Å². The first-order chi connectivity index (χ1) is 14.9. The van der Waals surface area contributed by atoms with Gasteiger partial charge in [0.05, 0.1) is 7.11 Å². The number of benzene rings is 1. The van der Waals surface area contributed by atoms with Crippen molar-refractivity contribution in [2.75, 3.05) is 7.11 Å². The fourth-order valence-corrected chi connectivity index (χ4v) is 4.39. The SMILES string of the molecule is COC1=CC=C(c2ccc(C3=CC=C(C4=CCC(C)CC4)C(F)C3F)cc2)C(F)C1F. The summed E-state index contributed by atoms with van der Waals surface area (Å²) in [6.45, 7) is 2.16. The summed E-state index contributed by atoms with van der Waals surface area (Å²) < 4.78 is 63.4. The molecule has 3 aliphatic rings. The van der Waals surface area contributed by atoms with Crippen LogP contribution < -0.4 is 0 Å². The zero-order valence-corrected chi connectivity index (χ0v) is 17.6. The number of rotatable bonds is 4. The van der Waals surface area contributed by atoms with Crippen molar-refractivity contribution in [3.05, 3.63) is 82.7 Å². The van der Waals surface area contributed by atoms with Crippen LogP contribution in [0.2, 0.25) is 0 Å². The zero-order chi connectivity index (χ0) is 22.1. The van der Waals surface area contributed by atoms with Crippen molar-refractivity contribution >= 4 is 11.1 Å². The van der Waals surface area contributed by atoms with E-state index in [-0.39, 0.29) is 16.9 Å². The monoisotopic (exact) mass is 430 g/mol. The predicted molar refractivity (Wildman–Crippen MR) is 116 cm³/mol. The van der Waals surface area contributed by atoms with Crippen molar-refractivity contribution in [1.29, 1.82) is 0 Å². The lowest BCUT2D eigenvalue weighted by atomic mass is 9.81. The topological polar surface area (TPSA) is 9.23 Å². The lowest BCUT2D eigenvalue weighted by molar-refractivity contribution is 0.152. The molecule has 0 aromatic heterocycles. The van der Waals surface area contributed by atoms with Crippen LogP contribution in [-0.2, 0) is 4.74 Å².